The number of rotatable bonds is 7. The number of hydrogen-bond donors (Lipinski definition) is 1. The van der Waals surface area contributed by atoms with Crippen molar-refractivity contribution in [2.75, 3.05) is 38.4 Å². The third-order valence-corrected chi connectivity index (χ3v) is 4.69. The van der Waals surface area contributed by atoms with E-state index in [1.54, 1.807) is 7.11 Å². The van der Waals surface area contributed by atoms with Crippen LogP contribution in [0.3, 0.4) is 0 Å². The molecular formula is C10H21NO4S. The van der Waals surface area contributed by atoms with Crippen LogP contribution in [0, 0.1) is 5.92 Å². The Hall–Kier alpha value is -0.170. The van der Waals surface area contributed by atoms with Gasteiger partial charge >= 0.3 is 0 Å². The highest BCUT2D eigenvalue weighted by molar-refractivity contribution is 7.91. The predicted octanol–water partition coefficient (Wildman–Crippen LogP) is -0.198. The molecule has 0 aliphatic carbocycles. The first-order valence-corrected chi connectivity index (χ1v) is 7.40. The SMILES string of the molecule is COCCOCCC(N)C1CCS(=O)(=O)C1. The van der Waals surface area contributed by atoms with Crippen molar-refractivity contribution in [1.29, 1.82) is 0 Å². The van der Waals surface area contributed by atoms with Crippen LogP contribution in [0.1, 0.15) is 12.8 Å². The van der Waals surface area contributed by atoms with Gasteiger partial charge in [0.05, 0.1) is 24.7 Å². The molecule has 2 N–H and O–H groups in total. The summed E-state index contributed by atoms with van der Waals surface area (Å²) in [5.41, 5.74) is 5.94. The molecule has 0 saturated carbocycles. The summed E-state index contributed by atoms with van der Waals surface area (Å²) in [7, 11) is -1.20. The second kappa shape index (κ2) is 6.54. The number of sulfone groups is 1. The Morgan fingerprint density at radius 2 is 2.12 bits per heavy atom. The Bertz CT molecular complexity index is 291. The molecule has 0 radical (unpaired) electrons. The molecule has 0 amide bonds. The van der Waals surface area contributed by atoms with Gasteiger partial charge in [0, 0.05) is 19.8 Å². The second-order valence-electron chi connectivity index (χ2n) is 4.22. The molecule has 1 aliphatic heterocycles. The van der Waals surface area contributed by atoms with Crippen LogP contribution in [0.5, 0.6) is 0 Å². The van der Waals surface area contributed by atoms with Gasteiger partial charge in [-0.3, -0.25) is 0 Å². The Balaban J connectivity index is 2.14. The van der Waals surface area contributed by atoms with Gasteiger partial charge in [0.15, 0.2) is 9.84 Å². The van der Waals surface area contributed by atoms with Gasteiger partial charge in [-0.05, 0) is 18.8 Å². The molecule has 5 nitrogen and oxygen atoms in total. The standard InChI is InChI=1S/C10H21NO4S/c1-14-5-6-15-4-2-10(11)9-3-7-16(12,13)8-9/h9-10H,2-8,11H2,1H3. The van der Waals surface area contributed by atoms with E-state index in [1.165, 1.54) is 0 Å². The molecule has 1 rings (SSSR count). The lowest BCUT2D eigenvalue weighted by Gasteiger charge is -2.17. The summed E-state index contributed by atoms with van der Waals surface area (Å²) in [6.45, 7) is 1.71. The highest BCUT2D eigenvalue weighted by Crippen LogP contribution is 2.22. The summed E-state index contributed by atoms with van der Waals surface area (Å²) in [4.78, 5) is 0. The van der Waals surface area contributed by atoms with Crippen LogP contribution in [0.2, 0.25) is 0 Å². The second-order valence-corrected chi connectivity index (χ2v) is 6.45. The van der Waals surface area contributed by atoms with E-state index in [1.807, 2.05) is 0 Å². The van der Waals surface area contributed by atoms with E-state index in [4.69, 9.17) is 15.2 Å². The van der Waals surface area contributed by atoms with E-state index in [9.17, 15) is 8.42 Å². The van der Waals surface area contributed by atoms with Crippen LogP contribution < -0.4 is 5.73 Å². The van der Waals surface area contributed by atoms with Crippen LogP contribution in [0.25, 0.3) is 0 Å². The van der Waals surface area contributed by atoms with Crippen molar-refractivity contribution >= 4 is 9.84 Å². The molecule has 1 heterocycles. The van der Waals surface area contributed by atoms with Gasteiger partial charge in [0.2, 0.25) is 0 Å². The van der Waals surface area contributed by atoms with E-state index in [2.05, 4.69) is 0 Å². The van der Waals surface area contributed by atoms with E-state index in [-0.39, 0.29) is 23.5 Å². The van der Waals surface area contributed by atoms with Gasteiger partial charge in [-0.1, -0.05) is 0 Å². The van der Waals surface area contributed by atoms with Crippen LogP contribution in [0.15, 0.2) is 0 Å². The molecule has 6 heteroatoms. The van der Waals surface area contributed by atoms with Crippen molar-refractivity contribution in [3.63, 3.8) is 0 Å². The fourth-order valence-corrected chi connectivity index (χ4v) is 3.76. The number of hydrogen-bond acceptors (Lipinski definition) is 5. The third kappa shape index (κ3) is 4.78. The van der Waals surface area contributed by atoms with Gasteiger partial charge < -0.3 is 15.2 Å². The van der Waals surface area contributed by atoms with Crippen molar-refractivity contribution in [3.05, 3.63) is 0 Å². The summed E-state index contributed by atoms with van der Waals surface area (Å²) < 4.78 is 32.7. The third-order valence-electron chi connectivity index (χ3n) is 2.90. The largest absolute Gasteiger partial charge is 0.382 e. The van der Waals surface area contributed by atoms with Gasteiger partial charge in [-0.2, -0.15) is 0 Å². The molecule has 2 atom stereocenters. The highest BCUT2D eigenvalue weighted by atomic mass is 32.2. The fraction of sp³-hybridized carbons (Fsp3) is 1.00. The van der Waals surface area contributed by atoms with Gasteiger partial charge in [0.1, 0.15) is 0 Å². The average Bonchev–Trinajstić information content (AvgIpc) is 2.58. The average molecular weight is 251 g/mol. The van der Waals surface area contributed by atoms with Crippen molar-refractivity contribution in [3.8, 4) is 0 Å². The maximum Gasteiger partial charge on any atom is 0.150 e. The van der Waals surface area contributed by atoms with Gasteiger partial charge in [-0.15, -0.1) is 0 Å². The monoisotopic (exact) mass is 251 g/mol. The highest BCUT2D eigenvalue weighted by Gasteiger charge is 2.31. The molecule has 1 aliphatic rings. The first kappa shape index (κ1) is 13.9. The predicted molar refractivity (Wildman–Crippen MR) is 62.0 cm³/mol. The maximum atomic E-state index is 11.3. The Labute approximate surface area is 97.2 Å². The summed E-state index contributed by atoms with van der Waals surface area (Å²) in [6, 6.07) is -0.0696. The minimum atomic E-state index is -2.82. The summed E-state index contributed by atoms with van der Waals surface area (Å²) in [5.74, 6) is 0.637. The summed E-state index contributed by atoms with van der Waals surface area (Å²) in [6.07, 6.45) is 1.41. The first-order chi connectivity index (χ1) is 7.55. The molecular weight excluding hydrogens is 230 g/mol. The molecule has 0 spiro atoms. The smallest absolute Gasteiger partial charge is 0.150 e. The van der Waals surface area contributed by atoms with E-state index < -0.39 is 9.84 Å². The molecule has 96 valence electrons. The molecule has 0 bridgehead atoms. The summed E-state index contributed by atoms with van der Waals surface area (Å²) in [5, 5.41) is 0. The first-order valence-electron chi connectivity index (χ1n) is 5.58. The lowest BCUT2D eigenvalue weighted by atomic mass is 9.98. The zero-order chi connectivity index (χ0) is 12.0. The van der Waals surface area contributed by atoms with E-state index >= 15 is 0 Å². The van der Waals surface area contributed by atoms with Gasteiger partial charge in [0.25, 0.3) is 0 Å². The maximum absolute atomic E-state index is 11.3. The number of ether oxygens (including phenoxy) is 2. The zero-order valence-electron chi connectivity index (χ0n) is 9.72. The van der Waals surface area contributed by atoms with Crippen molar-refractivity contribution in [1.82, 2.24) is 0 Å². The topological polar surface area (TPSA) is 78.6 Å². The molecule has 1 fully saturated rings. The fourth-order valence-electron chi connectivity index (χ4n) is 1.86. The minimum Gasteiger partial charge on any atom is -0.382 e. The molecule has 2 unspecified atom stereocenters. The Kier molecular flexibility index (Phi) is 5.68. The lowest BCUT2D eigenvalue weighted by Crippen LogP contribution is -2.32. The Morgan fingerprint density at radius 3 is 2.69 bits per heavy atom. The summed E-state index contributed by atoms with van der Waals surface area (Å²) >= 11 is 0. The normalized spacial score (nSPS) is 25.8. The molecule has 0 aromatic rings. The van der Waals surface area contributed by atoms with Crippen LogP contribution in [-0.4, -0.2) is 52.9 Å². The molecule has 16 heavy (non-hydrogen) atoms. The lowest BCUT2D eigenvalue weighted by molar-refractivity contribution is 0.0654. The van der Waals surface area contributed by atoms with Crippen LogP contribution in [0.4, 0.5) is 0 Å². The van der Waals surface area contributed by atoms with E-state index in [0.717, 1.165) is 0 Å². The number of nitrogens with two attached hydrogens (primary N) is 1. The quantitative estimate of drug-likeness (QED) is 0.634. The van der Waals surface area contributed by atoms with E-state index in [0.29, 0.717) is 32.7 Å². The number of methoxy groups -OCH3 is 1. The van der Waals surface area contributed by atoms with Crippen LogP contribution >= 0.6 is 0 Å². The molecule has 1 saturated heterocycles. The van der Waals surface area contributed by atoms with Crippen molar-refractivity contribution < 1.29 is 17.9 Å². The van der Waals surface area contributed by atoms with Crippen molar-refractivity contribution in [2.24, 2.45) is 11.7 Å². The zero-order valence-corrected chi connectivity index (χ0v) is 10.5. The molecule has 0 aromatic heterocycles. The Morgan fingerprint density at radius 1 is 1.38 bits per heavy atom. The minimum absolute atomic E-state index is 0.0696. The van der Waals surface area contributed by atoms with Gasteiger partial charge in [-0.25, -0.2) is 8.42 Å². The molecule has 0 aromatic carbocycles. The van der Waals surface area contributed by atoms with Crippen molar-refractivity contribution in [2.45, 2.75) is 18.9 Å². The van der Waals surface area contributed by atoms with Crippen LogP contribution in [-0.2, 0) is 19.3 Å².